The molecule has 3 aromatic rings. The summed E-state index contributed by atoms with van der Waals surface area (Å²) in [7, 11) is 2.04. The van der Waals surface area contributed by atoms with Crippen molar-refractivity contribution >= 4 is 22.8 Å². The Hall–Kier alpha value is -3.52. The van der Waals surface area contributed by atoms with Gasteiger partial charge in [-0.3, -0.25) is 4.79 Å². The van der Waals surface area contributed by atoms with Gasteiger partial charge in [-0.05, 0) is 61.9 Å². The van der Waals surface area contributed by atoms with E-state index in [1.807, 2.05) is 25.2 Å². The number of nitrogens with one attached hydrogen (secondary N) is 2. The third kappa shape index (κ3) is 6.07. The van der Waals surface area contributed by atoms with Crippen molar-refractivity contribution in [2.24, 2.45) is 13.0 Å². The molecule has 37 heavy (non-hydrogen) atoms. The molecule has 1 amide bonds. The van der Waals surface area contributed by atoms with Gasteiger partial charge in [-0.15, -0.1) is 0 Å². The molecule has 4 heterocycles. The molecule has 1 aromatic carbocycles. The predicted octanol–water partition coefficient (Wildman–Crippen LogP) is 3.03. The second-order valence-electron chi connectivity index (χ2n) is 9.79. The van der Waals surface area contributed by atoms with Crippen LogP contribution in [0.1, 0.15) is 53.6 Å². The minimum absolute atomic E-state index is 0.356. The van der Waals surface area contributed by atoms with E-state index < -0.39 is 6.29 Å². The van der Waals surface area contributed by atoms with Gasteiger partial charge in [0.1, 0.15) is 0 Å². The lowest BCUT2D eigenvalue weighted by Gasteiger charge is -2.32. The fourth-order valence-electron chi connectivity index (χ4n) is 5.02. The van der Waals surface area contributed by atoms with Gasteiger partial charge in [-0.25, -0.2) is 20.3 Å². The van der Waals surface area contributed by atoms with Crippen LogP contribution < -0.4 is 15.7 Å². The number of carbonyl (C=O) groups is 1. The molecule has 2 saturated heterocycles. The Morgan fingerprint density at radius 3 is 2.76 bits per heavy atom. The van der Waals surface area contributed by atoms with Crippen LogP contribution in [0.2, 0.25) is 0 Å². The van der Waals surface area contributed by atoms with E-state index in [0.29, 0.717) is 29.6 Å². The van der Waals surface area contributed by atoms with Gasteiger partial charge in [0.2, 0.25) is 5.95 Å². The van der Waals surface area contributed by atoms with Crippen LogP contribution in [0.15, 0.2) is 36.8 Å². The molecule has 0 saturated carbocycles. The summed E-state index contributed by atoms with van der Waals surface area (Å²) in [6.07, 6.45) is 9.73. The zero-order valence-corrected chi connectivity index (χ0v) is 21.2. The molecule has 1 atom stereocenters. The molecular formula is C27H33N7O3. The molecule has 2 aromatic heterocycles. The summed E-state index contributed by atoms with van der Waals surface area (Å²) in [5, 5.41) is 14.0. The van der Waals surface area contributed by atoms with Crippen LogP contribution in [0.5, 0.6) is 0 Å². The van der Waals surface area contributed by atoms with Crippen molar-refractivity contribution in [2.75, 3.05) is 31.1 Å². The summed E-state index contributed by atoms with van der Waals surface area (Å²) >= 11 is 0. The number of hydrogen-bond acceptors (Lipinski definition) is 8. The molecule has 0 spiro atoms. The van der Waals surface area contributed by atoms with Crippen molar-refractivity contribution in [3.05, 3.63) is 53.5 Å². The molecule has 2 aliphatic heterocycles. The monoisotopic (exact) mass is 503 g/mol. The van der Waals surface area contributed by atoms with E-state index in [0.717, 1.165) is 69.2 Å². The fraction of sp³-hybridized carbons (Fsp3) is 0.481. The summed E-state index contributed by atoms with van der Waals surface area (Å²) in [6.45, 7) is 4.11. The third-order valence-electron chi connectivity index (χ3n) is 7.17. The molecule has 5 rings (SSSR count). The van der Waals surface area contributed by atoms with Crippen LogP contribution in [0, 0.1) is 17.2 Å². The number of aryl methyl sites for hydroxylation is 1. The molecular weight excluding hydrogens is 470 g/mol. The van der Waals surface area contributed by atoms with Gasteiger partial charge in [-0.2, -0.15) is 5.26 Å². The quantitative estimate of drug-likeness (QED) is 0.451. The van der Waals surface area contributed by atoms with E-state index in [1.165, 1.54) is 18.0 Å². The van der Waals surface area contributed by atoms with Gasteiger partial charge in [0.25, 0.3) is 5.91 Å². The number of anilines is 1. The summed E-state index contributed by atoms with van der Waals surface area (Å²) in [6, 6.07) is 8.07. The van der Waals surface area contributed by atoms with Gasteiger partial charge in [-0.1, -0.05) is 0 Å². The average molecular weight is 504 g/mol. The van der Waals surface area contributed by atoms with Crippen LogP contribution >= 0.6 is 0 Å². The fourth-order valence-corrected chi connectivity index (χ4v) is 5.02. The zero-order valence-electron chi connectivity index (χ0n) is 21.2. The lowest BCUT2D eigenvalue weighted by atomic mass is 9.97. The number of carbonyl (C=O) groups excluding carboxylic acids is 1. The Balaban J connectivity index is 1.06. The SMILES string of the molecule is Cn1cc(CNCC2CCN(c3ncc(C(=O)NOC4CCCCO4)cn3)CC2)c2cc(C#N)ccc21. The van der Waals surface area contributed by atoms with Crippen molar-refractivity contribution in [1.82, 2.24) is 25.3 Å². The second kappa shape index (κ2) is 11.7. The van der Waals surface area contributed by atoms with E-state index in [1.54, 1.807) is 0 Å². The highest BCUT2D eigenvalue weighted by Gasteiger charge is 2.22. The van der Waals surface area contributed by atoms with E-state index in [2.05, 4.69) is 42.5 Å². The summed E-state index contributed by atoms with van der Waals surface area (Å²) in [5.41, 5.74) is 5.83. The Morgan fingerprint density at radius 2 is 2.03 bits per heavy atom. The number of benzene rings is 1. The maximum Gasteiger partial charge on any atom is 0.278 e. The lowest BCUT2D eigenvalue weighted by molar-refractivity contribution is -0.186. The topological polar surface area (TPSA) is 117 Å². The molecule has 1 unspecified atom stereocenters. The summed E-state index contributed by atoms with van der Waals surface area (Å²) in [5.74, 6) is 0.842. The van der Waals surface area contributed by atoms with Gasteiger partial charge in [0, 0.05) is 69.2 Å². The van der Waals surface area contributed by atoms with Crippen molar-refractivity contribution in [3.8, 4) is 6.07 Å². The van der Waals surface area contributed by atoms with Crippen molar-refractivity contribution < 1.29 is 14.4 Å². The first kappa shape index (κ1) is 25.1. The third-order valence-corrected chi connectivity index (χ3v) is 7.17. The minimum Gasteiger partial charge on any atom is -0.350 e. The average Bonchev–Trinajstić information content (AvgIpc) is 3.27. The summed E-state index contributed by atoms with van der Waals surface area (Å²) in [4.78, 5) is 28.7. The van der Waals surface area contributed by atoms with E-state index in [4.69, 9.17) is 9.57 Å². The van der Waals surface area contributed by atoms with E-state index in [9.17, 15) is 10.1 Å². The molecule has 0 radical (unpaired) electrons. The largest absolute Gasteiger partial charge is 0.350 e. The van der Waals surface area contributed by atoms with E-state index in [-0.39, 0.29) is 5.91 Å². The molecule has 0 aliphatic carbocycles. The van der Waals surface area contributed by atoms with E-state index >= 15 is 0 Å². The number of hydrogen-bond donors (Lipinski definition) is 2. The standard InChI is InChI=1S/C27H33N7O3/c1-33-18-22(23-12-20(13-28)5-6-24(23)33)15-29-14-19-7-9-34(10-8-19)27-30-16-21(17-31-27)26(35)32-37-25-4-2-3-11-36-25/h5-6,12,16-19,25,29H,2-4,7-11,14-15H2,1H3,(H,32,35). The first-order valence-corrected chi connectivity index (χ1v) is 12.9. The minimum atomic E-state index is -0.392. The lowest BCUT2D eigenvalue weighted by Crippen LogP contribution is -2.38. The number of amides is 1. The molecule has 2 fully saturated rings. The molecule has 10 heteroatoms. The number of piperidine rings is 1. The predicted molar refractivity (Wildman–Crippen MR) is 138 cm³/mol. The van der Waals surface area contributed by atoms with Crippen molar-refractivity contribution in [3.63, 3.8) is 0 Å². The number of aromatic nitrogens is 3. The van der Waals surface area contributed by atoms with Gasteiger partial charge >= 0.3 is 0 Å². The van der Waals surface area contributed by atoms with Gasteiger partial charge < -0.3 is 19.5 Å². The molecule has 2 N–H and O–H groups in total. The van der Waals surface area contributed by atoms with Gasteiger partial charge in [0.15, 0.2) is 6.29 Å². The smallest absolute Gasteiger partial charge is 0.278 e. The van der Waals surface area contributed by atoms with Crippen LogP contribution in [0.25, 0.3) is 10.9 Å². The number of rotatable bonds is 8. The first-order valence-electron chi connectivity index (χ1n) is 12.9. The number of fused-ring (bicyclic) bond motifs is 1. The van der Waals surface area contributed by atoms with Crippen LogP contribution in [0.4, 0.5) is 5.95 Å². The normalized spacial score (nSPS) is 18.6. The summed E-state index contributed by atoms with van der Waals surface area (Å²) < 4.78 is 7.56. The Morgan fingerprint density at radius 1 is 1.22 bits per heavy atom. The number of ether oxygens (including phenoxy) is 1. The second-order valence-corrected chi connectivity index (χ2v) is 9.79. The molecule has 0 bridgehead atoms. The Labute approximate surface area is 216 Å². The highest BCUT2D eigenvalue weighted by atomic mass is 16.8. The zero-order chi connectivity index (χ0) is 25.6. The molecule has 10 nitrogen and oxygen atoms in total. The van der Waals surface area contributed by atoms with Crippen molar-refractivity contribution in [1.29, 1.82) is 5.26 Å². The molecule has 2 aliphatic rings. The van der Waals surface area contributed by atoms with Gasteiger partial charge in [0.05, 0.1) is 17.2 Å². The highest BCUT2D eigenvalue weighted by molar-refractivity contribution is 5.92. The van der Waals surface area contributed by atoms with Crippen molar-refractivity contribution in [2.45, 2.75) is 44.9 Å². The highest BCUT2D eigenvalue weighted by Crippen LogP contribution is 2.23. The van der Waals surface area contributed by atoms with Crippen LogP contribution in [-0.4, -0.2) is 53.0 Å². The maximum atomic E-state index is 12.3. The Kier molecular flexibility index (Phi) is 7.94. The molecule has 194 valence electrons. The first-order chi connectivity index (χ1) is 18.1. The number of nitriles is 1. The van der Waals surface area contributed by atoms with Crippen LogP contribution in [-0.2, 0) is 23.2 Å². The maximum absolute atomic E-state index is 12.3. The van der Waals surface area contributed by atoms with Crippen LogP contribution in [0.3, 0.4) is 0 Å². The number of nitrogens with zero attached hydrogens (tertiary/aromatic N) is 5. The Bertz CT molecular complexity index is 1250. The number of hydroxylamine groups is 1.